The fourth-order valence-electron chi connectivity index (χ4n) is 3.57. The number of piperidine rings is 1. The summed E-state index contributed by atoms with van der Waals surface area (Å²) in [6.07, 6.45) is 7.64. The summed E-state index contributed by atoms with van der Waals surface area (Å²) in [7, 11) is 0. The van der Waals surface area contributed by atoms with Crippen molar-refractivity contribution in [2.24, 2.45) is 10.9 Å². The molecule has 0 spiro atoms. The molecular formula is C21H33FN4. The molecule has 0 unspecified atom stereocenters. The molecule has 2 N–H and O–H groups in total. The highest BCUT2D eigenvalue weighted by Gasteiger charge is 2.21. The van der Waals surface area contributed by atoms with Crippen molar-refractivity contribution in [3.8, 4) is 0 Å². The molecule has 4 nitrogen and oxygen atoms in total. The minimum atomic E-state index is -0.163. The molecular weight excluding hydrogens is 327 g/mol. The van der Waals surface area contributed by atoms with Gasteiger partial charge in [-0.1, -0.05) is 25.0 Å². The molecule has 2 aliphatic rings. The Labute approximate surface area is 157 Å². The Balaban J connectivity index is 1.39. The van der Waals surface area contributed by atoms with Crippen molar-refractivity contribution in [3.05, 3.63) is 35.6 Å². The molecule has 1 saturated heterocycles. The molecule has 1 saturated carbocycles. The number of aliphatic imine (C=N–C) groups is 1. The van der Waals surface area contributed by atoms with E-state index in [2.05, 4.69) is 22.5 Å². The average molecular weight is 361 g/mol. The Morgan fingerprint density at radius 1 is 1.15 bits per heavy atom. The van der Waals surface area contributed by atoms with E-state index in [-0.39, 0.29) is 5.82 Å². The van der Waals surface area contributed by atoms with E-state index in [1.807, 2.05) is 12.1 Å². The number of hydrogen-bond acceptors (Lipinski definition) is 2. The summed E-state index contributed by atoms with van der Waals surface area (Å²) < 4.78 is 13.0. The molecule has 0 amide bonds. The van der Waals surface area contributed by atoms with Crippen LogP contribution in [-0.4, -0.2) is 43.1 Å². The lowest BCUT2D eigenvalue weighted by Gasteiger charge is -2.33. The first-order valence-electron chi connectivity index (χ1n) is 10.2. The van der Waals surface area contributed by atoms with E-state index in [0.717, 1.165) is 57.4 Å². The third kappa shape index (κ3) is 6.60. The quantitative estimate of drug-likeness (QED) is 0.423. The molecule has 5 heteroatoms. The van der Waals surface area contributed by atoms with Gasteiger partial charge in [-0.2, -0.15) is 0 Å². The maximum atomic E-state index is 13.0. The van der Waals surface area contributed by atoms with Crippen LogP contribution in [0.4, 0.5) is 4.39 Å². The van der Waals surface area contributed by atoms with Crippen molar-refractivity contribution in [2.45, 2.75) is 58.0 Å². The lowest BCUT2D eigenvalue weighted by Crippen LogP contribution is -2.48. The zero-order chi connectivity index (χ0) is 18.2. The van der Waals surface area contributed by atoms with Gasteiger partial charge < -0.3 is 10.6 Å². The minimum Gasteiger partial charge on any atom is -0.357 e. The zero-order valence-electron chi connectivity index (χ0n) is 16.0. The molecule has 1 aliphatic heterocycles. The summed E-state index contributed by atoms with van der Waals surface area (Å²) >= 11 is 0. The molecule has 0 aromatic heterocycles. The molecule has 0 bridgehead atoms. The van der Waals surface area contributed by atoms with Crippen molar-refractivity contribution in [3.63, 3.8) is 0 Å². The summed E-state index contributed by atoms with van der Waals surface area (Å²) in [5, 5.41) is 6.99. The maximum absolute atomic E-state index is 13.0. The van der Waals surface area contributed by atoms with Crippen molar-refractivity contribution >= 4 is 5.96 Å². The van der Waals surface area contributed by atoms with E-state index in [4.69, 9.17) is 4.99 Å². The Kier molecular flexibility index (Phi) is 7.30. The second-order valence-corrected chi connectivity index (χ2v) is 7.67. The molecule has 0 atom stereocenters. The van der Waals surface area contributed by atoms with Crippen molar-refractivity contribution < 1.29 is 4.39 Å². The second-order valence-electron chi connectivity index (χ2n) is 7.67. The number of nitrogens with zero attached hydrogens (tertiary/aromatic N) is 2. The number of halogens is 1. The first kappa shape index (κ1) is 19.2. The van der Waals surface area contributed by atoms with Gasteiger partial charge in [0.25, 0.3) is 0 Å². The van der Waals surface area contributed by atoms with E-state index in [1.54, 1.807) is 12.1 Å². The average Bonchev–Trinajstić information content (AvgIpc) is 3.47. The lowest BCUT2D eigenvalue weighted by molar-refractivity contribution is 0.198. The predicted molar refractivity (Wildman–Crippen MR) is 106 cm³/mol. The van der Waals surface area contributed by atoms with Crippen LogP contribution >= 0.6 is 0 Å². The Hall–Kier alpha value is -1.62. The van der Waals surface area contributed by atoms with Crippen molar-refractivity contribution in [1.29, 1.82) is 0 Å². The van der Waals surface area contributed by atoms with Crippen LogP contribution in [-0.2, 0) is 6.54 Å². The smallest absolute Gasteiger partial charge is 0.191 e. The third-order valence-corrected chi connectivity index (χ3v) is 5.33. The van der Waals surface area contributed by atoms with Crippen LogP contribution < -0.4 is 10.6 Å². The van der Waals surface area contributed by atoms with Gasteiger partial charge in [-0.3, -0.25) is 9.89 Å². The van der Waals surface area contributed by atoms with Gasteiger partial charge in [0, 0.05) is 38.8 Å². The van der Waals surface area contributed by atoms with E-state index >= 15 is 0 Å². The molecule has 0 radical (unpaired) electrons. The normalized spacial score (nSPS) is 19.5. The highest BCUT2D eigenvalue weighted by atomic mass is 19.1. The van der Waals surface area contributed by atoms with E-state index in [0.29, 0.717) is 6.04 Å². The zero-order valence-corrected chi connectivity index (χ0v) is 16.0. The number of guanidine groups is 1. The number of rotatable bonds is 8. The maximum Gasteiger partial charge on any atom is 0.191 e. The molecule has 1 heterocycles. The molecule has 1 aliphatic carbocycles. The van der Waals surface area contributed by atoms with E-state index < -0.39 is 0 Å². The van der Waals surface area contributed by atoms with Crippen LogP contribution in [0.2, 0.25) is 0 Å². The van der Waals surface area contributed by atoms with Crippen LogP contribution in [0.3, 0.4) is 0 Å². The van der Waals surface area contributed by atoms with E-state index in [9.17, 15) is 4.39 Å². The number of hydrogen-bond donors (Lipinski definition) is 2. The summed E-state index contributed by atoms with van der Waals surface area (Å²) in [4.78, 5) is 7.20. The third-order valence-electron chi connectivity index (χ3n) is 5.33. The summed E-state index contributed by atoms with van der Waals surface area (Å²) in [6.45, 7) is 6.98. The van der Waals surface area contributed by atoms with Crippen LogP contribution in [0.5, 0.6) is 0 Å². The van der Waals surface area contributed by atoms with Crippen molar-refractivity contribution in [2.75, 3.05) is 26.2 Å². The molecule has 26 heavy (non-hydrogen) atoms. The fourth-order valence-corrected chi connectivity index (χ4v) is 3.57. The Morgan fingerprint density at radius 2 is 1.88 bits per heavy atom. The molecule has 2 fully saturated rings. The van der Waals surface area contributed by atoms with Gasteiger partial charge in [-0.05, 0) is 56.2 Å². The topological polar surface area (TPSA) is 39.7 Å². The first-order valence-corrected chi connectivity index (χ1v) is 10.2. The van der Waals surface area contributed by atoms with Gasteiger partial charge in [0.15, 0.2) is 5.96 Å². The highest BCUT2D eigenvalue weighted by Crippen LogP contribution is 2.33. The summed E-state index contributed by atoms with van der Waals surface area (Å²) in [5.41, 5.74) is 1.18. The highest BCUT2D eigenvalue weighted by molar-refractivity contribution is 5.80. The SMILES string of the molecule is CCNC(=NCCCC1CC1)NC1CCN(Cc2ccc(F)cc2)CC1. The van der Waals surface area contributed by atoms with Gasteiger partial charge >= 0.3 is 0 Å². The number of benzene rings is 1. The van der Waals surface area contributed by atoms with Gasteiger partial charge in [-0.15, -0.1) is 0 Å². The van der Waals surface area contributed by atoms with Crippen LogP contribution in [0.25, 0.3) is 0 Å². The van der Waals surface area contributed by atoms with Crippen LogP contribution in [0.1, 0.15) is 51.0 Å². The lowest BCUT2D eigenvalue weighted by atomic mass is 10.0. The van der Waals surface area contributed by atoms with Gasteiger partial charge in [0.1, 0.15) is 5.82 Å². The molecule has 1 aromatic rings. The Bertz CT molecular complexity index is 560. The number of nitrogens with one attached hydrogen (secondary N) is 2. The molecule has 3 rings (SSSR count). The van der Waals surface area contributed by atoms with E-state index in [1.165, 1.54) is 31.2 Å². The van der Waals surface area contributed by atoms with Gasteiger partial charge in [0.2, 0.25) is 0 Å². The predicted octanol–water partition coefficient (Wildman–Crippen LogP) is 3.54. The first-order chi connectivity index (χ1) is 12.7. The van der Waals surface area contributed by atoms with Crippen LogP contribution in [0.15, 0.2) is 29.3 Å². The Morgan fingerprint density at radius 3 is 2.54 bits per heavy atom. The van der Waals surface area contributed by atoms with Gasteiger partial charge in [-0.25, -0.2) is 4.39 Å². The minimum absolute atomic E-state index is 0.163. The largest absolute Gasteiger partial charge is 0.357 e. The monoisotopic (exact) mass is 360 g/mol. The standard InChI is InChI=1S/C21H33FN4/c1-2-23-21(24-13-3-4-17-5-6-17)25-20-11-14-26(15-12-20)16-18-7-9-19(22)10-8-18/h7-10,17,20H,2-6,11-16H2,1H3,(H2,23,24,25). The summed E-state index contributed by atoms with van der Waals surface area (Å²) in [6, 6.07) is 7.35. The number of likely N-dealkylation sites (tertiary alicyclic amines) is 1. The molecule has 144 valence electrons. The van der Waals surface area contributed by atoms with Crippen molar-refractivity contribution in [1.82, 2.24) is 15.5 Å². The van der Waals surface area contributed by atoms with Crippen LogP contribution in [0, 0.1) is 11.7 Å². The summed E-state index contributed by atoms with van der Waals surface area (Å²) in [5.74, 6) is 1.80. The fraction of sp³-hybridized carbons (Fsp3) is 0.667. The van der Waals surface area contributed by atoms with Gasteiger partial charge in [0.05, 0.1) is 0 Å². The second kappa shape index (κ2) is 9.91. The molecule has 1 aromatic carbocycles.